The molecule has 0 aromatic carbocycles. The molecule has 1 fully saturated rings. The number of morpholine rings is 1. The van der Waals surface area contributed by atoms with Gasteiger partial charge in [0.1, 0.15) is 0 Å². The Hall–Kier alpha value is -0.920. The summed E-state index contributed by atoms with van der Waals surface area (Å²) in [4.78, 5) is 13.0. The van der Waals surface area contributed by atoms with Crippen LogP contribution in [-0.2, 0) is 23.1 Å². The number of carboxylic acid groups (broad SMARTS) is 1. The maximum Gasteiger partial charge on any atom is 0.305 e. The molecule has 106 valence electrons. The van der Waals surface area contributed by atoms with Crippen molar-refractivity contribution in [3.63, 3.8) is 0 Å². The molecule has 2 rings (SSSR count). The molecular formula is C12H18BrN3O3. The highest BCUT2D eigenvalue weighted by Gasteiger charge is 2.27. The van der Waals surface area contributed by atoms with Gasteiger partial charge >= 0.3 is 5.97 Å². The number of aliphatic carboxylic acids is 1. The highest BCUT2D eigenvalue weighted by atomic mass is 79.9. The van der Waals surface area contributed by atoms with Gasteiger partial charge in [-0.1, -0.05) is 0 Å². The number of hydrogen-bond donors (Lipinski definition) is 1. The molecule has 0 spiro atoms. The van der Waals surface area contributed by atoms with E-state index >= 15 is 0 Å². The quantitative estimate of drug-likeness (QED) is 0.896. The highest BCUT2D eigenvalue weighted by molar-refractivity contribution is 9.10. The first-order valence-electron chi connectivity index (χ1n) is 6.20. The fourth-order valence-electron chi connectivity index (χ4n) is 2.33. The zero-order valence-electron chi connectivity index (χ0n) is 11.1. The molecule has 1 aromatic rings. The molecule has 0 amide bonds. The third kappa shape index (κ3) is 3.34. The Labute approximate surface area is 120 Å². The fourth-order valence-corrected chi connectivity index (χ4v) is 2.79. The van der Waals surface area contributed by atoms with Gasteiger partial charge in [-0.2, -0.15) is 5.10 Å². The summed E-state index contributed by atoms with van der Waals surface area (Å²) in [5.74, 6) is -0.791. The van der Waals surface area contributed by atoms with Crippen molar-refractivity contribution in [2.24, 2.45) is 7.05 Å². The standard InChI is InChI=1S/C12H18BrN3O3/c1-8-12(13)10(15(2)14-8)6-16-3-4-19-7-9(16)5-11(17)18/h9H,3-7H2,1-2H3,(H,17,18). The molecule has 1 atom stereocenters. The number of nitrogens with zero attached hydrogens (tertiary/aromatic N) is 3. The van der Waals surface area contributed by atoms with Crippen molar-refractivity contribution in [3.8, 4) is 0 Å². The van der Waals surface area contributed by atoms with Gasteiger partial charge in [0.2, 0.25) is 0 Å². The second kappa shape index (κ2) is 6.02. The van der Waals surface area contributed by atoms with Gasteiger partial charge in [-0.05, 0) is 22.9 Å². The smallest absolute Gasteiger partial charge is 0.305 e. The van der Waals surface area contributed by atoms with E-state index in [4.69, 9.17) is 9.84 Å². The number of carboxylic acids is 1. The normalized spacial score (nSPS) is 20.7. The van der Waals surface area contributed by atoms with Crippen LogP contribution in [0.5, 0.6) is 0 Å². The van der Waals surface area contributed by atoms with Crippen molar-refractivity contribution in [2.75, 3.05) is 19.8 Å². The average molecular weight is 332 g/mol. The first-order valence-corrected chi connectivity index (χ1v) is 7.00. The Morgan fingerprint density at radius 2 is 2.37 bits per heavy atom. The number of halogens is 1. The minimum absolute atomic E-state index is 0.0756. The lowest BCUT2D eigenvalue weighted by molar-refractivity contribution is -0.140. The molecule has 1 aliphatic heterocycles. The van der Waals surface area contributed by atoms with E-state index in [-0.39, 0.29) is 12.5 Å². The summed E-state index contributed by atoms with van der Waals surface area (Å²) in [7, 11) is 1.90. The Balaban J connectivity index is 2.12. The van der Waals surface area contributed by atoms with Crippen LogP contribution in [0.4, 0.5) is 0 Å². The molecule has 0 saturated carbocycles. The van der Waals surface area contributed by atoms with Gasteiger partial charge in [0, 0.05) is 26.2 Å². The molecule has 1 unspecified atom stereocenters. The van der Waals surface area contributed by atoms with Crippen molar-refractivity contribution in [1.82, 2.24) is 14.7 Å². The molecule has 0 bridgehead atoms. The van der Waals surface area contributed by atoms with Gasteiger partial charge in [0.15, 0.2) is 0 Å². The second-order valence-electron chi connectivity index (χ2n) is 4.77. The third-order valence-electron chi connectivity index (χ3n) is 3.37. The van der Waals surface area contributed by atoms with E-state index in [2.05, 4.69) is 25.9 Å². The van der Waals surface area contributed by atoms with Gasteiger partial charge < -0.3 is 9.84 Å². The number of aryl methyl sites for hydroxylation is 2. The number of ether oxygens (including phenoxy) is 1. The van der Waals surface area contributed by atoms with Gasteiger partial charge in [-0.25, -0.2) is 0 Å². The molecule has 0 aliphatic carbocycles. The van der Waals surface area contributed by atoms with Crippen LogP contribution in [0.2, 0.25) is 0 Å². The Morgan fingerprint density at radius 3 is 2.95 bits per heavy atom. The minimum atomic E-state index is -0.791. The lowest BCUT2D eigenvalue weighted by Gasteiger charge is -2.34. The van der Waals surface area contributed by atoms with Crippen molar-refractivity contribution < 1.29 is 14.6 Å². The maximum atomic E-state index is 10.9. The third-order valence-corrected chi connectivity index (χ3v) is 4.41. The van der Waals surface area contributed by atoms with Crippen LogP contribution >= 0.6 is 15.9 Å². The average Bonchev–Trinajstić information content (AvgIpc) is 2.57. The van der Waals surface area contributed by atoms with Gasteiger partial charge in [-0.3, -0.25) is 14.4 Å². The van der Waals surface area contributed by atoms with Crippen molar-refractivity contribution in [1.29, 1.82) is 0 Å². The molecule has 1 aliphatic rings. The number of carbonyl (C=O) groups is 1. The number of aromatic nitrogens is 2. The summed E-state index contributed by atoms with van der Waals surface area (Å²) >= 11 is 3.54. The lowest BCUT2D eigenvalue weighted by Crippen LogP contribution is -2.46. The zero-order chi connectivity index (χ0) is 14.0. The molecular weight excluding hydrogens is 314 g/mol. The lowest BCUT2D eigenvalue weighted by atomic mass is 10.1. The van der Waals surface area contributed by atoms with Crippen molar-refractivity contribution >= 4 is 21.9 Å². The molecule has 2 heterocycles. The second-order valence-corrected chi connectivity index (χ2v) is 5.56. The highest BCUT2D eigenvalue weighted by Crippen LogP contribution is 2.23. The molecule has 7 heteroatoms. The van der Waals surface area contributed by atoms with E-state index in [1.54, 1.807) is 0 Å². The van der Waals surface area contributed by atoms with Crippen LogP contribution in [0.3, 0.4) is 0 Å². The van der Waals surface area contributed by atoms with Crippen LogP contribution in [0.15, 0.2) is 4.47 Å². The minimum Gasteiger partial charge on any atom is -0.481 e. The predicted molar refractivity (Wildman–Crippen MR) is 72.9 cm³/mol. The van der Waals surface area contributed by atoms with Crippen molar-refractivity contribution in [3.05, 3.63) is 15.9 Å². The molecule has 6 nitrogen and oxygen atoms in total. The first-order chi connectivity index (χ1) is 8.99. The Kier molecular flexibility index (Phi) is 4.59. The molecule has 1 saturated heterocycles. The summed E-state index contributed by atoms with van der Waals surface area (Å²) in [6.07, 6.45) is 0.106. The summed E-state index contributed by atoms with van der Waals surface area (Å²) in [5, 5.41) is 13.3. The van der Waals surface area contributed by atoms with E-state index in [0.29, 0.717) is 19.8 Å². The summed E-state index contributed by atoms with van der Waals surface area (Å²) < 4.78 is 8.21. The Morgan fingerprint density at radius 1 is 1.63 bits per heavy atom. The van der Waals surface area contributed by atoms with Crippen LogP contribution in [0.25, 0.3) is 0 Å². The van der Waals surface area contributed by atoms with E-state index < -0.39 is 5.97 Å². The van der Waals surface area contributed by atoms with E-state index in [9.17, 15) is 4.79 Å². The van der Waals surface area contributed by atoms with E-state index in [0.717, 1.165) is 22.4 Å². The molecule has 0 radical (unpaired) electrons. The first kappa shape index (κ1) is 14.5. The summed E-state index contributed by atoms with van der Waals surface area (Å²) in [5.41, 5.74) is 2.01. The monoisotopic (exact) mass is 331 g/mol. The van der Waals surface area contributed by atoms with Crippen molar-refractivity contribution in [2.45, 2.75) is 25.9 Å². The maximum absolute atomic E-state index is 10.9. The van der Waals surface area contributed by atoms with E-state index in [1.807, 2.05) is 18.7 Å². The zero-order valence-corrected chi connectivity index (χ0v) is 12.7. The summed E-state index contributed by atoms with van der Waals surface area (Å²) in [6.45, 7) is 4.49. The van der Waals surface area contributed by atoms with Crippen LogP contribution in [0, 0.1) is 6.92 Å². The topological polar surface area (TPSA) is 67.6 Å². The number of rotatable bonds is 4. The Bertz CT molecular complexity index is 475. The molecule has 1 N–H and O–H groups in total. The van der Waals surface area contributed by atoms with Crippen LogP contribution in [-0.4, -0.2) is 51.6 Å². The largest absolute Gasteiger partial charge is 0.481 e. The fraction of sp³-hybridized carbons (Fsp3) is 0.667. The number of hydrogen-bond acceptors (Lipinski definition) is 4. The van der Waals surface area contributed by atoms with Gasteiger partial charge in [0.25, 0.3) is 0 Å². The molecule has 1 aromatic heterocycles. The van der Waals surface area contributed by atoms with Crippen LogP contribution < -0.4 is 0 Å². The van der Waals surface area contributed by atoms with Gasteiger partial charge in [-0.15, -0.1) is 0 Å². The predicted octanol–water partition coefficient (Wildman–Crippen LogP) is 1.17. The van der Waals surface area contributed by atoms with Crippen LogP contribution in [0.1, 0.15) is 17.8 Å². The van der Waals surface area contributed by atoms with Gasteiger partial charge in [0.05, 0.1) is 35.5 Å². The summed E-state index contributed by atoms with van der Waals surface area (Å²) in [6, 6.07) is -0.0756. The SMILES string of the molecule is Cc1nn(C)c(CN2CCOCC2CC(=O)O)c1Br. The van der Waals surface area contributed by atoms with E-state index in [1.165, 1.54) is 0 Å². The molecule has 19 heavy (non-hydrogen) atoms.